The fourth-order valence-electron chi connectivity index (χ4n) is 1.41. The Balaban J connectivity index is 4.42. The number of esters is 2. The van der Waals surface area contributed by atoms with Crippen molar-refractivity contribution in [3.8, 4) is 0 Å². The summed E-state index contributed by atoms with van der Waals surface area (Å²) in [5.41, 5.74) is 0.442. The Morgan fingerprint density at radius 1 is 1.15 bits per heavy atom. The molecule has 0 heterocycles. The van der Waals surface area contributed by atoms with E-state index in [1.165, 1.54) is 0 Å². The molecule has 0 aliphatic rings. The van der Waals surface area contributed by atoms with Crippen LogP contribution in [0, 0.1) is 0 Å². The van der Waals surface area contributed by atoms with Crippen LogP contribution in [0.1, 0.15) is 66.2 Å². The van der Waals surface area contributed by atoms with E-state index in [1.54, 1.807) is 6.08 Å². The van der Waals surface area contributed by atoms with Gasteiger partial charge in [-0.05, 0) is 26.2 Å². The zero-order valence-electron chi connectivity index (χ0n) is 13.2. The van der Waals surface area contributed by atoms with E-state index in [2.05, 4.69) is 0 Å². The Hall–Kier alpha value is -1.32. The van der Waals surface area contributed by atoms with Gasteiger partial charge in [0, 0.05) is 6.42 Å². The van der Waals surface area contributed by atoms with E-state index < -0.39 is 0 Å². The summed E-state index contributed by atoms with van der Waals surface area (Å²) in [4.78, 5) is 23.4. The lowest BCUT2D eigenvalue weighted by Crippen LogP contribution is -2.19. The highest BCUT2D eigenvalue weighted by molar-refractivity contribution is 5.89. The topological polar surface area (TPSA) is 52.6 Å². The molecular weight excluding hydrogens is 256 g/mol. The average Bonchev–Trinajstić information content (AvgIpc) is 2.44. The number of carbonyl (C=O) groups is 2. The average molecular weight is 284 g/mol. The van der Waals surface area contributed by atoms with Crippen LogP contribution in [0.5, 0.6) is 0 Å². The Bertz CT molecular complexity index is 320. The quantitative estimate of drug-likeness (QED) is 0.452. The van der Waals surface area contributed by atoms with Gasteiger partial charge in [-0.25, -0.2) is 4.79 Å². The monoisotopic (exact) mass is 284 g/mol. The van der Waals surface area contributed by atoms with Gasteiger partial charge in [-0.1, -0.05) is 39.7 Å². The zero-order chi connectivity index (χ0) is 15.4. The first-order valence-electron chi connectivity index (χ1n) is 7.60. The Labute approximate surface area is 122 Å². The lowest BCUT2D eigenvalue weighted by Gasteiger charge is -2.13. The van der Waals surface area contributed by atoms with Crippen molar-refractivity contribution in [2.45, 2.75) is 72.3 Å². The molecule has 0 spiro atoms. The molecule has 0 aromatic carbocycles. The molecule has 1 atom stereocenters. The molecule has 0 saturated carbocycles. The molecule has 0 aromatic rings. The molecule has 0 saturated heterocycles. The van der Waals surface area contributed by atoms with E-state index in [1.807, 2.05) is 27.7 Å². The van der Waals surface area contributed by atoms with Crippen LogP contribution in [-0.2, 0) is 19.1 Å². The van der Waals surface area contributed by atoms with Crippen molar-refractivity contribution in [1.82, 2.24) is 0 Å². The van der Waals surface area contributed by atoms with Crippen molar-refractivity contribution >= 4 is 11.9 Å². The van der Waals surface area contributed by atoms with E-state index in [0.29, 0.717) is 12.0 Å². The summed E-state index contributed by atoms with van der Waals surface area (Å²) >= 11 is 0. The van der Waals surface area contributed by atoms with Crippen molar-refractivity contribution in [2.24, 2.45) is 0 Å². The summed E-state index contributed by atoms with van der Waals surface area (Å²) in [6, 6.07) is 0. The molecule has 20 heavy (non-hydrogen) atoms. The molecule has 0 aliphatic carbocycles. The summed E-state index contributed by atoms with van der Waals surface area (Å²) in [5, 5.41) is 0. The maximum atomic E-state index is 12.0. The van der Waals surface area contributed by atoms with Crippen molar-refractivity contribution in [2.75, 3.05) is 6.61 Å². The number of hydrogen-bond acceptors (Lipinski definition) is 4. The van der Waals surface area contributed by atoms with E-state index >= 15 is 0 Å². The molecule has 0 aliphatic heterocycles. The number of ether oxygens (including phenoxy) is 2. The van der Waals surface area contributed by atoms with Gasteiger partial charge in [-0.15, -0.1) is 0 Å². The second-order valence-electron chi connectivity index (χ2n) is 4.91. The highest BCUT2D eigenvalue weighted by Crippen LogP contribution is 2.08. The van der Waals surface area contributed by atoms with E-state index in [0.717, 1.165) is 32.1 Å². The van der Waals surface area contributed by atoms with Crippen molar-refractivity contribution in [3.63, 3.8) is 0 Å². The highest BCUT2D eigenvalue weighted by atomic mass is 16.6. The van der Waals surface area contributed by atoms with E-state index in [4.69, 9.17) is 9.47 Å². The van der Waals surface area contributed by atoms with Crippen LogP contribution in [0.3, 0.4) is 0 Å². The van der Waals surface area contributed by atoms with Crippen LogP contribution < -0.4 is 0 Å². The molecule has 0 aromatic heterocycles. The summed E-state index contributed by atoms with van der Waals surface area (Å²) in [6.45, 7) is 7.86. The zero-order valence-corrected chi connectivity index (χ0v) is 13.2. The first-order valence-corrected chi connectivity index (χ1v) is 7.60. The molecule has 116 valence electrons. The number of hydrogen-bond donors (Lipinski definition) is 0. The Morgan fingerprint density at radius 3 is 2.40 bits per heavy atom. The van der Waals surface area contributed by atoms with E-state index in [-0.39, 0.29) is 24.6 Å². The maximum Gasteiger partial charge on any atom is 0.337 e. The smallest absolute Gasteiger partial charge is 0.337 e. The first kappa shape index (κ1) is 18.7. The van der Waals surface area contributed by atoms with Crippen molar-refractivity contribution < 1.29 is 19.1 Å². The van der Waals surface area contributed by atoms with Crippen LogP contribution in [-0.4, -0.2) is 24.6 Å². The predicted molar refractivity (Wildman–Crippen MR) is 79.3 cm³/mol. The largest absolute Gasteiger partial charge is 0.461 e. The summed E-state index contributed by atoms with van der Waals surface area (Å²) in [6.07, 6.45) is 6.32. The standard InChI is InChI=1S/C16H28O4/c1-5-8-10-14(16(18)20-13(4)7-3)12-19-15(17)11-9-6-2/h10,13H,5-9,11-12H2,1-4H3. The minimum atomic E-state index is -0.379. The van der Waals surface area contributed by atoms with Crippen molar-refractivity contribution in [3.05, 3.63) is 11.6 Å². The molecule has 0 bridgehead atoms. The van der Waals surface area contributed by atoms with Gasteiger partial charge < -0.3 is 9.47 Å². The third-order valence-corrected chi connectivity index (χ3v) is 2.95. The molecule has 0 N–H and O–H groups in total. The van der Waals surface area contributed by atoms with Crippen LogP contribution in [0.15, 0.2) is 11.6 Å². The number of unbranched alkanes of at least 4 members (excludes halogenated alkanes) is 2. The van der Waals surface area contributed by atoms with Gasteiger partial charge in [0.25, 0.3) is 0 Å². The third-order valence-electron chi connectivity index (χ3n) is 2.95. The summed E-state index contributed by atoms with van der Waals surface area (Å²) in [7, 11) is 0. The second kappa shape index (κ2) is 11.5. The van der Waals surface area contributed by atoms with Crippen LogP contribution in [0.25, 0.3) is 0 Å². The fourth-order valence-corrected chi connectivity index (χ4v) is 1.41. The molecule has 1 unspecified atom stereocenters. The van der Waals surface area contributed by atoms with E-state index in [9.17, 15) is 9.59 Å². The Morgan fingerprint density at radius 2 is 1.85 bits per heavy atom. The second-order valence-corrected chi connectivity index (χ2v) is 4.91. The van der Waals surface area contributed by atoms with Crippen LogP contribution in [0.4, 0.5) is 0 Å². The number of rotatable bonds is 10. The maximum absolute atomic E-state index is 12.0. The first-order chi connectivity index (χ1) is 9.54. The predicted octanol–water partition coefficient (Wildman–Crippen LogP) is 3.79. The normalized spacial score (nSPS) is 12.9. The van der Waals surface area contributed by atoms with Gasteiger partial charge in [0.1, 0.15) is 6.61 Å². The summed E-state index contributed by atoms with van der Waals surface area (Å²) < 4.78 is 10.4. The number of carbonyl (C=O) groups excluding carboxylic acids is 2. The highest BCUT2D eigenvalue weighted by Gasteiger charge is 2.15. The Kier molecular flexibility index (Phi) is 10.7. The molecular formula is C16H28O4. The van der Waals surface area contributed by atoms with Gasteiger partial charge in [0.2, 0.25) is 0 Å². The SMILES string of the molecule is CCCC=C(COC(=O)CCCC)C(=O)OC(C)CC. The lowest BCUT2D eigenvalue weighted by atomic mass is 10.2. The molecule has 0 radical (unpaired) electrons. The molecule has 0 fully saturated rings. The van der Waals surface area contributed by atoms with Gasteiger partial charge in [-0.3, -0.25) is 4.79 Å². The van der Waals surface area contributed by atoms with Gasteiger partial charge in [0.15, 0.2) is 0 Å². The van der Waals surface area contributed by atoms with Gasteiger partial charge in [-0.2, -0.15) is 0 Å². The minimum absolute atomic E-state index is 0.0117. The van der Waals surface area contributed by atoms with Crippen LogP contribution >= 0.6 is 0 Å². The minimum Gasteiger partial charge on any atom is -0.461 e. The molecule has 0 amide bonds. The van der Waals surface area contributed by atoms with Crippen LogP contribution in [0.2, 0.25) is 0 Å². The van der Waals surface area contributed by atoms with Gasteiger partial charge in [0.05, 0.1) is 11.7 Å². The van der Waals surface area contributed by atoms with Crippen molar-refractivity contribution in [1.29, 1.82) is 0 Å². The lowest BCUT2D eigenvalue weighted by molar-refractivity contribution is -0.147. The summed E-state index contributed by atoms with van der Waals surface area (Å²) in [5.74, 6) is -0.637. The number of allylic oxidation sites excluding steroid dienone is 1. The molecule has 4 heteroatoms. The molecule has 4 nitrogen and oxygen atoms in total. The molecule has 0 rings (SSSR count). The fraction of sp³-hybridized carbons (Fsp3) is 0.750. The third kappa shape index (κ3) is 8.73. The van der Waals surface area contributed by atoms with Gasteiger partial charge >= 0.3 is 11.9 Å².